The van der Waals surface area contributed by atoms with Gasteiger partial charge in [0.2, 0.25) is 0 Å². The molecule has 0 spiro atoms. The number of H-pyrrole nitrogens is 1. The summed E-state index contributed by atoms with van der Waals surface area (Å²) in [5, 5.41) is 9.22. The van der Waals surface area contributed by atoms with Crippen molar-refractivity contribution in [3.8, 4) is 17.2 Å². The lowest BCUT2D eigenvalue weighted by Crippen LogP contribution is -2.11. The van der Waals surface area contributed by atoms with E-state index in [-0.39, 0.29) is 5.41 Å². The summed E-state index contributed by atoms with van der Waals surface area (Å²) in [4.78, 5) is 2.93. The van der Waals surface area contributed by atoms with Gasteiger partial charge >= 0.3 is 0 Å². The maximum Gasteiger partial charge on any atom is 0.119 e. The molecule has 0 radical (unpaired) electrons. The summed E-state index contributed by atoms with van der Waals surface area (Å²) in [5.74, 6) is 0.429. The van der Waals surface area contributed by atoms with Crippen LogP contribution in [-0.2, 0) is 5.41 Å². The largest absolute Gasteiger partial charge is 0.384 e. The van der Waals surface area contributed by atoms with E-state index in [9.17, 15) is 5.26 Å². The first-order chi connectivity index (χ1) is 8.84. The summed E-state index contributed by atoms with van der Waals surface area (Å²) in [5.41, 5.74) is 10.7. The lowest BCUT2D eigenvalue weighted by atomic mass is 9.84. The van der Waals surface area contributed by atoms with Crippen molar-refractivity contribution in [2.24, 2.45) is 0 Å². The fourth-order valence-corrected chi connectivity index (χ4v) is 2.15. The van der Waals surface area contributed by atoms with Crippen LogP contribution in [0.1, 0.15) is 37.5 Å². The Hall–Kier alpha value is -2.21. The molecule has 2 aromatic rings. The maximum atomic E-state index is 9.22. The van der Waals surface area contributed by atoms with Crippen molar-refractivity contribution < 1.29 is 0 Å². The summed E-state index contributed by atoms with van der Waals surface area (Å²) in [6, 6.07) is 8.56. The lowest BCUT2D eigenvalue weighted by Gasteiger charge is -2.20. The van der Waals surface area contributed by atoms with Crippen LogP contribution < -0.4 is 5.73 Å². The Kier molecular flexibility index (Phi) is 3.11. The van der Waals surface area contributed by atoms with E-state index >= 15 is 0 Å². The number of aromatic nitrogens is 1. The molecule has 1 aromatic carbocycles. The molecule has 3 N–H and O–H groups in total. The summed E-state index contributed by atoms with van der Waals surface area (Å²) in [6.45, 7) is 8.58. The summed E-state index contributed by atoms with van der Waals surface area (Å²) >= 11 is 0. The van der Waals surface area contributed by atoms with Crippen molar-refractivity contribution in [2.75, 3.05) is 5.73 Å². The van der Waals surface area contributed by atoms with Crippen molar-refractivity contribution in [2.45, 2.75) is 33.1 Å². The number of aromatic amines is 1. The molecule has 0 unspecified atom stereocenters. The van der Waals surface area contributed by atoms with Gasteiger partial charge in [0.1, 0.15) is 17.5 Å². The molecular formula is C16H19N3. The van der Waals surface area contributed by atoms with Crippen LogP contribution in [0.2, 0.25) is 0 Å². The minimum atomic E-state index is 0.0805. The average Bonchev–Trinajstić information content (AvgIpc) is 2.69. The zero-order chi connectivity index (χ0) is 14.2. The first-order valence-electron chi connectivity index (χ1n) is 6.33. The van der Waals surface area contributed by atoms with Crippen molar-refractivity contribution in [3.05, 3.63) is 41.1 Å². The van der Waals surface area contributed by atoms with E-state index in [0.717, 1.165) is 16.7 Å². The topological polar surface area (TPSA) is 65.6 Å². The summed E-state index contributed by atoms with van der Waals surface area (Å²) < 4.78 is 0. The third-order valence-electron chi connectivity index (χ3n) is 3.42. The Morgan fingerprint density at radius 1 is 1.21 bits per heavy atom. The van der Waals surface area contributed by atoms with Gasteiger partial charge in [0.05, 0.1) is 0 Å². The Morgan fingerprint density at radius 3 is 2.47 bits per heavy atom. The number of hydrogen-bond donors (Lipinski definition) is 2. The highest BCUT2D eigenvalue weighted by molar-refractivity contribution is 5.78. The third-order valence-corrected chi connectivity index (χ3v) is 3.42. The number of nitrogens with zero attached hydrogens (tertiary/aromatic N) is 1. The lowest BCUT2D eigenvalue weighted by molar-refractivity contribution is 0.590. The van der Waals surface area contributed by atoms with E-state index in [1.807, 2.05) is 13.1 Å². The molecule has 3 heteroatoms. The van der Waals surface area contributed by atoms with E-state index in [1.165, 1.54) is 5.56 Å². The van der Waals surface area contributed by atoms with Crippen LogP contribution in [0.3, 0.4) is 0 Å². The van der Waals surface area contributed by atoms with Gasteiger partial charge in [0, 0.05) is 11.8 Å². The average molecular weight is 253 g/mol. The van der Waals surface area contributed by atoms with Crippen LogP contribution in [0.5, 0.6) is 0 Å². The van der Waals surface area contributed by atoms with E-state index in [4.69, 9.17) is 5.73 Å². The molecule has 1 heterocycles. The molecule has 0 saturated heterocycles. The Labute approximate surface area is 114 Å². The number of rotatable bonds is 1. The summed E-state index contributed by atoms with van der Waals surface area (Å²) in [7, 11) is 0. The smallest absolute Gasteiger partial charge is 0.119 e. The van der Waals surface area contributed by atoms with Gasteiger partial charge in [0.25, 0.3) is 0 Å². The van der Waals surface area contributed by atoms with Crippen LogP contribution >= 0.6 is 0 Å². The molecule has 98 valence electrons. The highest BCUT2D eigenvalue weighted by atomic mass is 14.8. The normalized spacial score (nSPS) is 11.3. The van der Waals surface area contributed by atoms with E-state index < -0.39 is 0 Å². The second kappa shape index (κ2) is 4.47. The Morgan fingerprint density at radius 2 is 1.89 bits per heavy atom. The van der Waals surface area contributed by atoms with Gasteiger partial charge in [-0.15, -0.1) is 0 Å². The van der Waals surface area contributed by atoms with Crippen LogP contribution in [-0.4, -0.2) is 4.98 Å². The molecule has 19 heavy (non-hydrogen) atoms. The monoisotopic (exact) mass is 253 g/mol. The quantitative estimate of drug-likeness (QED) is 0.813. The summed E-state index contributed by atoms with van der Waals surface area (Å²) in [6.07, 6.45) is 1.81. The number of nitrogen functional groups attached to an aromatic ring is 1. The van der Waals surface area contributed by atoms with Crippen LogP contribution in [0.25, 0.3) is 11.1 Å². The molecule has 0 aliphatic heterocycles. The second-order valence-electron chi connectivity index (χ2n) is 5.88. The number of nitrogens with two attached hydrogens (primary N) is 1. The van der Waals surface area contributed by atoms with Gasteiger partial charge in [-0.3, -0.25) is 0 Å². The molecule has 0 aliphatic carbocycles. The molecule has 1 aromatic heterocycles. The van der Waals surface area contributed by atoms with Gasteiger partial charge in [-0.1, -0.05) is 39.0 Å². The SMILES string of the molecule is Cc1ccc(C(C)(C)C)cc1-c1c[nH]c(N)c1C#N. The van der Waals surface area contributed by atoms with E-state index in [1.54, 1.807) is 0 Å². The fraction of sp³-hybridized carbons (Fsp3) is 0.312. The highest BCUT2D eigenvalue weighted by Gasteiger charge is 2.17. The van der Waals surface area contributed by atoms with Crippen molar-refractivity contribution in [1.82, 2.24) is 4.98 Å². The van der Waals surface area contributed by atoms with Crippen LogP contribution in [0.4, 0.5) is 5.82 Å². The zero-order valence-corrected chi connectivity index (χ0v) is 11.8. The standard InChI is InChI=1S/C16H19N3/c1-10-5-6-11(16(2,3)4)7-12(10)14-9-19-15(18)13(14)8-17/h5-7,9,19H,18H2,1-4H3. The van der Waals surface area contributed by atoms with Crippen molar-refractivity contribution in [3.63, 3.8) is 0 Å². The van der Waals surface area contributed by atoms with Crippen LogP contribution in [0, 0.1) is 18.3 Å². The minimum Gasteiger partial charge on any atom is -0.384 e. The number of anilines is 1. The van der Waals surface area contributed by atoms with Gasteiger partial charge < -0.3 is 10.7 Å². The Bertz CT molecular complexity index is 652. The number of nitrogens with one attached hydrogen (secondary N) is 1. The molecule has 0 bridgehead atoms. The number of nitriles is 1. The molecular weight excluding hydrogens is 234 g/mol. The second-order valence-corrected chi connectivity index (χ2v) is 5.88. The molecule has 0 saturated carbocycles. The van der Waals surface area contributed by atoms with Crippen molar-refractivity contribution in [1.29, 1.82) is 5.26 Å². The molecule has 0 atom stereocenters. The molecule has 0 aliphatic rings. The van der Waals surface area contributed by atoms with Crippen molar-refractivity contribution >= 4 is 5.82 Å². The van der Waals surface area contributed by atoms with Crippen LogP contribution in [0.15, 0.2) is 24.4 Å². The van der Waals surface area contributed by atoms with Gasteiger partial charge in [0.15, 0.2) is 0 Å². The minimum absolute atomic E-state index is 0.0805. The number of aryl methyl sites for hydroxylation is 1. The number of hydrogen-bond acceptors (Lipinski definition) is 2. The molecule has 0 fully saturated rings. The van der Waals surface area contributed by atoms with E-state index in [2.05, 4.69) is 50.0 Å². The molecule has 3 nitrogen and oxygen atoms in total. The predicted octanol–water partition coefficient (Wildman–Crippen LogP) is 3.74. The van der Waals surface area contributed by atoms with Gasteiger partial charge in [-0.2, -0.15) is 5.26 Å². The molecule has 2 rings (SSSR count). The number of benzene rings is 1. The van der Waals surface area contributed by atoms with Gasteiger partial charge in [-0.25, -0.2) is 0 Å². The first-order valence-corrected chi connectivity index (χ1v) is 6.33. The Balaban J connectivity index is 2.66. The molecule has 0 amide bonds. The first kappa shape index (κ1) is 13.2. The van der Waals surface area contributed by atoms with Gasteiger partial charge in [-0.05, 0) is 29.0 Å². The van der Waals surface area contributed by atoms with E-state index in [0.29, 0.717) is 11.4 Å². The zero-order valence-electron chi connectivity index (χ0n) is 11.8. The third kappa shape index (κ3) is 2.34. The highest BCUT2D eigenvalue weighted by Crippen LogP contribution is 2.33. The predicted molar refractivity (Wildman–Crippen MR) is 78.8 cm³/mol. The fourth-order valence-electron chi connectivity index (χ4n) is 2.15. The maximum absolute atomic E-state index is 9.22.